The van der Waals surface area contributed by atoms with Crippen molar-refractivity contribution in [3.63, 3.8) is 0 Å². The highest BCUT2D eigenvalue weighted by Gasteiger charge is 2.56. The second-order valence-corrected chi connectivity index (χ2v) is 13.6. The maximum Gasteiger partial charge on any atom is 0.439 e. The van der Waals surface area contributed by atoms with Gasteiger partial charge in [0.05, 0.1) is 27.5 Å². The minimum absolute atomic E-state index is 0.0870. The molecule has 2 N–H and O–H groups in total. The molecule has 3 aromatic heterocycles. The summed E-state index contributed by atoms with van der Waals surface area (Å²) < 4.78 is 32.6. The lowest BCUT2D eigenvalue weighted by atomic mass is 9.73. The average Bonchev–Trinajstić information content (AvgIpc) is 3.27. The largest absolute Gasteiger partial charge is 0.439 e. The van der Waals surface area contributed by atoms with Gasteiger partial charge in [-0.05, 0) is 74.6 Å². The van der Waals surface area contributed by atoms with Gasteiger partial charge in [0.15, 0.2) is 11.6 Å². The minimum Gasteiger partial charge on any atom is -0.382 e. The first-order chi connectivity index (χ1) is 20.8. The number of nitrogens with one attached hydrogen (secondary N) is 1. The van der Waals surface area contributed by atoms with Gasteiger partial charge in [-0.25, -0.2) is 14.2 Å². The van der Waals surface area contributed by atoms with Gasteiger partial charge in [0.2, 0.25) is 0 Å². The lowest BCUT2D eigenvalue weighted by molar-refractivity contribution is -0.116. The summed E-state index contributed by atoms with van der Waals surface area (Å²) >= 11 is 14.3. The molecule has 3 aliphatic carbocycles. The number of hydrogen-bond donors (Lipinski definition) is 2. The van der Waals surface area contributed by atoms with E-state index in [0.29, 0.717) is 61.9 Å². The van der Waals surface area contributed by atoms with Crippen LogP contribution in [0.2, 0.25) is 10.0 Å². The van der Waals surface area contributed by atoms with Gasteiger partial charge in [-0.3, -0.25) is 9.51 Å². The summed E-state index contributed by atoms with van der Waals surface area (Å²) in [5, 5.41) is 21.6. The molecule has 2 atom stereocenters. The van der Waals surface area contributed by atoms with Crippen LogP contribution in [0, 0.1) is 17.7 Å². The average molecular weight is 644 g/mol. The van der Waals surface area contributed by atoms with Gasteiger partial charge in [-0.1, -0.05) is 39.6 Å². The highest BCUT2D eigenvalue weighted by molar-refractivity contribution is 7.18. The molecule has 3 fully saturated rings. The van der Waals surface area contributed by atoms with Crippen LogP contribution in [0.1, 0.15) is 60.8 Å². The van der Waals surface area contributed by atoms with Crippen LogP contribution in [-0.4, -0.2) is 31.5 Å². The Morgan fingerprint density at radius 2 is 1.84 bits per heavy atom. The number of rotatable bonds is 7. The standard InChI is InChI=1S/C30H25Cl2FN4O5S/c31-19-2-1-3-20(32)23(19)24-18(26(41-36-24)13-4-5-13)12-40-17-10-15-6-7-16(11-17)30(15,39)28-34-25-21(33)8-14(9-22(25)43-28)27-35-29(38)42-37-27/h1-3,8-9,13,15-17,39H,4-7,10-12H2,(H,35,37,38). The number of thiazole rings is 1. The lowest BCUT2D eigenvalue weighted by Gasteiger charge is -2.41. The molecule has 0 radical (unpaired) electrons. The van der Waals surface area contributed by atoms with Crippen molar-refractivity contribution in [1.29, 1.82) is 0 Å². The maximum atomic E-state index is 15.1. The van der Waals surface area contributed by atoms with Crippen molar-refractivity contribution >= 4 is 44.8 Å². The van der Waals surface area contributed by atoms with Crippen LogP contribution in [0.25, 0.3) is 32.9 Å². The van der Waals surface area contributed by atoms with Gasteiger partial charge in [-0.2, -0.15) is 0 Å². The number of hydrogen-bond acceptors (Lipinski definition) is 9. The minimum atomic E-state index is -1.18. The molecule has 8 rings (SSSR count). The summed E-state index contributed by atoms with van der Waals surface area (Å²) in [6.07, 6.45) is 4.93. The number of ether oxygens (including phenoxy) is 1. The van der Waals surface area contributed by atoms with Crippen molar-refractivity contribution in [2.45, 2.75) is 62.8 Å². The Morgan fingerprint density at radius 3 is 2.51 bits per heavy atom. The lowest BCUT2D eigenvalue weighted by Crippen LogP contribution is -2.44. The number of aromatic nitrogens is 4. The third-order valence-corrected chi connectivity index (χ3v) is 10.9. The first-order valence-corrected chi connectivity index (χ1v) is 15.8. The molecule has 9 nitrogen and oxygen atoms in total. The second kappa shape index (κ2) is 10.2. The Morgan fingerprint density at radius 1 is 1.09 bits per heavy atom. The van der Waals surface area contributed by atoms with E-state index >= 15 is 4.39 Å². The number of benzene rings is 2. The molecule has 13 heteroatoms. The third kappa shape index (κ3) is 4.55. The van der Waals surface area contributed by atoms with E-state index in [0.717, 1.165) is 37.0 Å². The van der Waals surface area contributed by atoms with Gasteiger partial charge in [0.1, 0.15) is 27.6 Å². The number of aromatic amines is 1. The number of aliphatic hydroxyl groups is 1. The monoisotopic (exact) mass is 642 g/mol. The van der Waals surface area contributed by atoms with Crippen molar-refractivity contribution in [2.75, 3.05) is 0 Å². The molecule has 2 unspecified atom stereocenters. The second-order valence-electron chi connectivity index (χ2n) is 11.7. The summed E-state index contributed by atoms with van der Waals surface area (Å²) in [4.78, 5) is 18.4. The third-order valence-electron chi connectivity index (χ3n) is 9.14. The number of H-pyrrole nitrogens is 1. The van der Waals surface area contributed by atoms with E-state index in [9.17, 15) is 9.90 Å². The first-order valence-electron chi connectivity index (χ1n) is 14.2. The highest BCUT2D eigenvalue weighted by Crippen LogP contribution is 2.57. The molecule has 0 amide bonds. The molecule has 2 aromatic carbocycles. The molecular weight excluding hydrogens is 618 g/mol. The van der Waals surface area contributed by atoms with E-state index in [2.05, 4.69) is 24.8 Å². The predicted octanol–water partition coefficient (Wildman–Crippen LogP) is 7.21. The zero-order chi connectivity index (χ0) is 29.5. The summed E-state index contributed by atoms with van der Waals surface area (Å²) in [6.45, 7) is 0.300. The number of nitrogens with zero attached hydrogens (tertiary/aromatic N) is 3. The van der Waals surface area contributed by atoms with E-state index in [1.807, 2.05) is 0 Å². The topological polar surface area (TPSA) is 127 Å². The number of halogens is 3. The summed E-state index contributed by atoms with van der Waals surface area (Å²) in [7, 11) is 0. The summed E-state index contributed by atoms with van der Waals surface area (Å²) in [6, 6.07) is 8.31. The van der Waals surface area contributed by atoms with E-state index in [-0.39, 0.29) is 29.3 Å². The molecule has 5 aromatic rings. The van der Waals surface area contributed by atoms with Crippen molar-refractivity contribution in [3.05, 3.63) is 73.1 Å². The van der Waals surface area contributed by atoms with Crippen molar-refractivity contribution in [3.8, 4) is 22.6 Å². The van der Waals surface area contributed by atoms with E-state index in [1.165, 1.54) is 17.4 Å². The molecular formula is C30H25Cl2FN4O5S. The fourth-order valence-corrected chi connectivity index (χ4v) is 8.73. The molecule has 3 heterocycles. The Labute approximate surface area is 257 Å². The predicted molar refractivity (Wildman–Crippen MR) is 158 cm³/mol. The molecule has 222 valence electrons. The Hall–Kier alpha value is -3.09. The molecule has 2 bridgehead atoms. The van der Waals surface area contributed by atoms with Crippen LogP contribution in [0.3, 0.4) is 0 Å². The maximum absolute atomic E-state index is 15.1. The molecule has 0 saturated heterocycles. The van der Waals surface area contributed by atoms with Gasteiger partial charge < -0.3 is 14.4 Å². The van der Waals surface area contributed by atoms with Crippen LogP contribution in [0.4, 0.5) is 4.39 Å². The zero-order valence-electron chi connectivity index (χ0n) is 22.6. The Balaban J connectivity index is 1.05. The normalized spacial score (nSPS) is 25.2. The smallest absolute Gasteiger partial charge is 0.382 e. The SMILES string of the molecule is O=c1[nH]c(-c2cc(F)c3nc(C4(O)C5CCC4CC(OCc4c(-c6c(Cl)cccc6Cl)noc4C4CC4)C5)sc3c2)no1. The van der Waals surface area contributed by atoms with Crippen LogP contribution >= 0.6 is 34.5 Å². The molecule has 0 spiro atoms. The molecule has 3 aliphatic rings. The van der Waals surface area contributed by atoms with E-state index in [1.54, 1.807) is 24.3 Å². The summed E-state index contributed by atoms with van der Waals surface area (Å²) in [5.41, 5.74) is 1.50. The van der Waals surface area contributed by atoms with Crippen molar-refractivity contribution in [1.82, 2.24) is 20.3 Å². The molecule has 3 saturated carbocycles. The van der Waals surface area contributed by atoms with E-state index < -0.39 is 17.2 Å². The van der Waals surface area contributed by atoms with Gasteiger partial charge in [-0.15, -0.1) is 11.3 Å². The van der Waals surface area contributed by atoms with Gasteiger partial charge in [0, 0.05) is 22.6 Å². The molecule has 43 heavy (non-hydrogen) atoms. The first kappa shape index (κ1) is 27.5. The zero-order valence-corrected chi connectivity index (χ0v) is 24.9. The highest BCUT2D eigenvalue weighted by atomic mass is 35.5. The van der Waals surface area contributed by atoms with Crippen LogP contribution in [0.15, 0.2) is 44.2 Å². The fraction of sp³-hybridized carbons (Fsp3) is 0.400. The van der Waals surface area contributed by atoms with E-state index in [4.69, 9.17) is 32.5 Å². The summed E-state index contributed by atoms with van der Waals surface area (Å²) in [5.74, 6) is -0.174. The molecule has 0 aliphatic heterocycles. The fourth-order valence-electron chi connectivity index (χ4n) is 6.89. The Kier molecular flexibility index (Phi) is 6.54. The van der Waals surface area contributed by atoms with Crippen LogP contribution in [0.5, 0.6) is 0 Å². The van der Waals surface area contributed by atoms with Gasteiger partial charge >= 0.3 is 5.76 Å². The van der Waals surface area contributed by atoms with Crippen LogP contribution in [-0.2, 0) is 16.9 Å². The van der Waals surface area contributed by atoms with Crippen molar-refractivity contribution in [2.24, 2.45) is 11.8 Å². The van der Waals surface area contributed by atoms with Gasteiger partial charge in [0.25, 0.3) is 0 Å². The Bertz CT molecular complexity index is 1900. The number of fused-ring (bicyclic) bond motifs is 3. The quantitative estimate of drug-likeness (QED) is 0.191. The van der Waals surface area contributed by atoms with Crippen molar-refractivity contribution < 1.29 is 23.3 Å². The van der Waals surface area contributed by atoms with Crippen LogP contribution < -0.4 is 5.76 Å².